The van der Waals surface area contributed by atoms with Crippen LogP contribution in [-0.2, 0) is 6.42 Å². The molecule has 0 aliphatic heterocycles. The van der Waals surface area contributed by atoms with Crippen LogP contribution in [0.5, 0.6) is 0 Å². The summed E-state index contributed by atoms with van der Waals surface area (Å²) in [5, 5.41) is 13.7. The Kier molecular flexibility index (Phi) is 3.43. The highest BCUT2D eigenvalue weighted by atomic mass is 32.1. The van der Waals surface area contributed by atoms with E-state index in [1.54, 1.807) is 10.9 Å². The Bertz CT molecular complexity index is 829. The maximum atomic E-state index is 5.16. The lowest BCUT2D eigenvalue weighted by Gasteiger charge is -2.00. The van der Waals surface area contributed by atoms with Gasteiger partial charge in [-0.2, -0.15) is 14.9 Å². The molecule has 20 heavy (non-hydrogen) atoms. The van der Waals surface area contributed by atoms with Crippen molar-refractivity contribution < 1.29 is 0 Å². The van der Waals surface area contributed by atoms with E-state index < -0.39 is 0 Å². The van der Waals surface area contributed by atoms with Crippen molar-refractivity contribution in [2.24, 2.45) is 5.10 Å². The van der Waals surface area contributed by atoms with Crippen LogP contribution in [0.1, 0.15) is 18.3 Å². The molecular formula is C15H14N4S. The van der Waals surface area contributed by atoms with Crippen LogP contribution in [0.25, 0.3) is 10.8 Å². The zero-order chi connectivity index (χ0) is 13.9. The molecule has 0 aliphatic rings. The molecule has 2 aromatic carbocycles. The van der Waals surface area contributed by atoms with E-state index in [1.807, 2.05) is 25.1 Å². The SMILES string of the molecule is CCc1n[nH]c(=S)n1/N=C\c1ccc2ccccc2c1. The van der Waals surface area contributed by atoms with Gasteiger partial charge < -0.3 is 0 Å². The van der Waals surface area contributed by atoms with Gasteiger partial charge in [-0.15, -0.1) is 0 Å². The van der Waals surface area contributed by atoms with Gasteiger partial charge in [0.15, 0.2) is 5.82 Å². The molecule has 0 saturated heterocycles. The summed E-state index contributed by atoms with van der Waals surface area (Å²) in [7, 11) is 0. The molecule has 0 radical (unpaired) electrons. The second kappa shape index (κ2) is 5.38. The van der Waals surface area contributed by atoms with Crippen LogP contribution in [-0.4, -0.2) is 21.1 Å². The molecule has 0 spiro atoms. The summed E-state index contributed by atoms with van der Waals surface area (Å²) < 4.78 is 2.17. The van der Waals surface area contributed by atoms with Crippen molar-refractivity contribution in [3.63, 3.8) is 0 Å². The van der Waals surface area contributed by atoms with Crippen LogP contribution in [0.3, 0.4) is 0 Å². The van der Waals surface area contributed by atoms with Gasteiger partial charge in [0.1, 0.15) is 0 Å². The van der Waals surface area contributed by atoms with Crippen LogP contribution >= 0.6 is 12.2 Å². The van der Waals surface area contributed by atoms with E-state index in [0.717, 1.165) is 17.8 Å². The summed E-state index contributed by atoms with van der Waals surface area (Å²) in [6.45, 7) is 2.02. The van der Waals surface area contributed by atoms with Crippen LogP contribution < -0.4 is 0 Å². The van der Waals surface area contributed by atoms with Crippen molar-refractivity contribution in [2.45, 2.75) is 13.3 Å². The Morgan fingerprint density at radius 1 is 1.25 bits per heavy atom. The fourth-order valence-electron chi connectivity index (χ4n) is 2.08. The summed E-state index contributed by atoms with van der Waals surface area (Å²) >= 11 is 5.16. The van der Waals surface area contributed by atoms with Crippen molar-refractivity contribution in [1.29, 1.82) is 0 Å². The standard InChI is InChI=1S/C15H14N4S/c1-2-14-17-18-15(20)19(14)16-10-11-7-8-12-5-3-4-6-13(12)9-11/h3-10H,2H2,1H3,(H,18,20)/b16-10-. The molecule has 1 heterocycles. The van der Waals surface area contributed by atoms with Gasteiger partial charge in [-0.3, -0.25) is 5.10 Å². The lowest BCUT2D eigenvalue weighted by Crippen LogP contribution is -1.97. The summed E-state index contributed by atoms with van der Waals surface area (Å²) in [5.74, 6) is 0.826. The van der Waals surface area contributed by atoms with Crippen LogP contribution in [0.2, 0.25) is 0 Å². The number of aromatic amines is 1. The van der Waals surface area contributed by atoms with Gasteiger partial charge in [0.2, 0.25) is 4.77 Å². The number of nitrogens with zero attached hydrogens (tertiary/aromatic N) is 3. The van der Waals surface area contributed by atoms with Gasteiger partial charge in [0.05, 0.1) is 6.21 Å². The minimum absolute atomic E-state index is 0.513. The van der Waals surface area contributed by atoms with Crippen molar-refractivity contribution >= 4 is 29.2 Å². The second-order valence-corrected chi connectivity index (χ2v) is 4.85. The summed E-state index contributed by atoms with van der Waals surface area (Å²) in [6.07, 6.45) is 2.58. The minimum Gasteiger partial charge on any atom is -0.250 e. The third-order valence-corrected chi connectivity index (χ3v) is 3.39. The highest BCUT2D eigenvalue weighted by Crippen LogP contribution is 2.14. The Balaban J connectivity index is 1.98. The molecule has 0 bridgehead atoms. The molecule has 0 saturated carbocycles. The van der Waals surface area contributed by atoms with Gasteiger partial charge in [-0.1, -0.05) is 43.3 Å². The summed E-state index contributed by atoms with van der Waals surface area (Å²) in [4.78, 5) is 0. The Morgan fingerprint density at radius 3 is 2.85 bits per heavy atom. The lowest BCUT2D eigenvalue weighted by molar-refractivity contribution is 0.780. The van der Waals surface area contributed by atoms with Crippen molar-refractivity contribution in [1.82, 2.24) is 14.9 Å². The van der Waals surface area contributed by atoms with Crippen molar-refractivity contribution in [3.05, 3.63) is 58.6 Å². The van der Waals surface area contributed by atoms with Gasteiger partial charge >= 0.3 is 0 Å². The lowest BCUT2D eigenvalue weighted by atomic mass is 10.1. The van der Waals surface area contributed by atoms with Crippen LogP contribution in [0, 0.1) is 4.77 Å². The van der Waals surface area contributed by atoms with E-state index in [9.17, 15) is 0 Å². The highest BCUT2D eigenvalue weighted by Gasteiger charge is 2.01. The van der Waals surface area contributed by atoms with E-state index in [1.165, 1.54) is 10.8 Å². The molecule has 5 heteroatoms. The maximum Gasteiger partial charge on any atom is 0.216 e. The van der Waals surface area contributed by atoms with E-state index >= 15 is 0 Å². The molecule has 0 unspecified atom stereocenters. The second-order valence-electron chi connectivity index (χ2n) is 4.46. The molecule has 100 valence electrons. The molecule has 3 rings (SSSR count). The number of hydrogen-bond acceptors (Lipinski definition) is 3. The van der Waals surface area contributed by atoms with E-state index in [4.69, 9.17) is 12.2 Å². The number of benzene rings is 2. The fourth-order valence-corrected chi connectivity index (χ4v) is 2.28. The first kappa shape index (κ1) is 12.7. The molecule has 1 aromatic heterocycles. The van der Waals surface area contributed by atoms with Gasteiger partial charge in [0.25, 0.3) is 0 Å². The van der Waals surface area contributed by atoms with E-state index in [2.05, 4.69) is 39.6 Å². The molecule has 1 N–H and O–H groups in total. The number of rotatable bonds is 3. The summed E-state index contributed by atoms with van der Waals surface area (Å²) in [5.41, 5.74) is 1.04. The van der Waals surface area contributed by atoms with E-state index in [0.29, 0.717) is 4.77 Å². The topological polar surface area (TPSA) is 46.0 Å². The summed E-state index contributed by atoms with van der Waals surface area (Å²) in [6, 6.07) is 14.5. The normalized spacial score (nSPS) is 11.4. The zero-order valence-electron chi connectivity index (χ0n) is 11.1. The molecule has 0 fully saturated rings. The van der Waals surface area contributed by atoms with Crippen LogP contribution in [0.4, 0.5) is 0 Å². The number of aromatic nitrogens is 3. The molecule has 3 aromatic rings. The average molecular weight is 282 g/mol. The molecular weight excluding hydrogens is 268 g/mol. The highest BCUT2D eigenvalue weighted by molar-refractivity contribution is 7.71. The number of H-pyrrole nitrogens is 1. The third kappa shape index (κ3) is 2.40. The van der Waals surface area contributed by atoms with Crippen LogP contribution in [0.15, 0.2) is 47.6 Å². The quantitative estimate of drug-likeness (QED) is 0.590. The number of nitrogens with one attached hydrogen (secondary N) is 1. The Morgan fingerprint density at radius 2 is 2.05 bits per heavy atom. The van der Waals surface area contributed by atoms with Crippen molar-refractivity contribution in [2.75, 3.05) is 0 Å². The largest absolute Gasteiger partial charge is 0.250 e. The number of aryl methyl sites for hydroxylation is 1. The first-order valence-corrected chi connectivity index (χ1v) is 6.88. The smallest absolute Gasteiger partial charge is 0.216 e. The molecule has 0 aliphatic carbocycles. The predicted octanol–water partition coefficient (Wildman–Crippen LogP) is 3.54. The fraction of sp³-hybridized carbons (Fsp3) is 0.133. The van der Waals surface area contributed by atoms with Gasteiger partial charge in [-0.05, 0) is 34.6 Å². The van der Waals surface area contributed by atoms with Crippen molar-refractivity contribution in [3.8, 4) is 0 Å². The number of hydrogen-bond donors (Lipinski definition) is 1. The molecule has 4 nitrogen and oxygen atoms in total. The third-order valence-electron chi connectivity index (χ3n) is 3.13. The Hall–Kier alpha value is -2.27. The first-order valence-electron chi connectivity index (χ1n) is 6.47. The molecule has 0 atom stereocenters. The zero-order valence-corrected chi connectivity index (χ0v) is 11.9. The van der Waals surface area contributed by atoms with E-state index in [-0.39, 0.29) is 0 Å². The maximum absolute atomic E-state index is 5.16. The molecule has 0 amide bonds. The minimum atomic E-state index is 0.513. The first-order chi connectivity index (χ1) is 9.78. The monoisotopic (exact) mass is 282 g/mol. The average Bonchev–Trinajstić information content (AvgIpc) is 2.85. The Labute approximate surface area is 121 Å². The van der Waals surface area contributed by atoms with Gasteiger partial charge in [-0.25, -0.2) is 0 Å². The number of fused-ring (bicyclic) bond motifs is 1. The predicted molar refractivity (Wildman–Crippen MR) is 83.7 cm³/mol. The van der Waals surface area contributed by atoms with Gasteiger partial charge in [0, 0.05) is 6.42 Å².